The van der Waals surface area contributed by atoms with Crippen LogP contribution >= 0.6 is 0 Å². The van der Waals surface area contributed by atoms with Gasteiger partial charge in [0.05, 0.1) is 34.2 Å². The maximum Gasteiger partial charge on any atom is 0.478 e. The monoisotopic (exact) mass is 1450 g/mol. The Hall–Kier alpha value is -1.39. The van der Waals surface area contributed by atoms with Gasteiger partial charge < -0.3 is 73.1 Å². The van der Waals surface area contributed by atoms with Crippen molar-refractivity contribution in [3.05, 3.63) is 0 Å². The first-order valence-electron chi connectivity index (χ1n) is 35.2. The van der Waals surface area contributed by atoms with Crippen LogP contribution in [0.3, 0.4) is 0 Å². The van der Waals surface area contributed by atoms with Gasteiger partial charge in [0.2, 0.25) is 0 Å². The molecule has 0 aromatic carbocycles. The van der Waals surface area contributed by atoms with Crippen molar-refractivity contribution in [2.24, 2.45) is 62.6 Å². The molecule has 0 aromatic rings. The lowest BCUT2D eigenvalue weighted by molar-refractivity contribution is -0.206. The third-order valence-corrected chi connectivity index (χ3v) is 58.8. The zero-order valence-electron chi connectivity index (χ0n) is 60.4. The molecule has 7 saturated carbocycles. The Morgan fingerprint density at radius 1 is 0.495 bits per heavy atom. The average molecular weight is 1450 g/mol. The first kappa shape index (κ1) is 75.8. The van der Waals surface area contributed by atoms with Crippen molar-refractivity contribution in [2.45, 2.75) is 301 Å². The fraction of sp³-hybridized carbons (Fsp3) is 0.921. The van der Waals surface area contributed by atoms with Crippen molar-refractivity contribution >= 4 is 100 Å². The highest BCUT2D eigenvalue weighted by Crippen LogP contribution is 2.65. The first-order valence-corrected chi connectivity index (χ1v) is 52.7. The van der Waals surface area contributed by atoms with E-state index in [-0.39, 0.29) is 88.1 Å². The third kappa shape index (κ3) is 16.2. The van der Waals surface area contributed by atoms with Crippen LogP contribution in [0.15, 0.2) is 0 Å². The van der Waals surface area contributed by atoms with E-state index in [4.69, 9.17) is 73.1 Å². The molecule has 7 aliphatic carbocycles. The highest BCUT2D eigenvalue weighted by atomic mass is 28.6. The van der Waals surface area contributed by atoms with E-state index in [1.54, 1.807) is 45.8 Å². The van der Waals surface area contributed by atoms with Gasteiger partial charge >= 0.3 is 100 Å². The summed E-state index contributed by atoms with van der Waals surface area (Å²) in [7, 11) is -28.8. The Kier molecular flexibility index (Phi) is 21.6. The summed E-state index contributed by atoms with van der Waals surface area (Å²) in [6.45, 7) is 42.3. The summed E-state index contributed by atoms with van der Waals surface area (Å²) in [6.07, 6.45) is 19.8. The molecule has 7 heterocycles. The smallest absolute Gasteiger partial charge is 0.465 e. The van der Waals surface area contributed by atoms with Gasteiger partial charge in [-0.15, -0.1) is 0 Å². The van der Waals surface area contributed by atoms with Gasteiger partial charge in [0.25, 0.3) is 0 Å². The lowest BCUT2D eigenvalue weighted by Crippen LogP contribution is -2.86. The van der Waals surface area contributed by atoms with Crippen LogP contribution < -0.4 is 0 Å². The molecule has 14 bridgehead atoms. The predicted octanol–water partition coefficient (Wildman–Crippen LogP) is 13.5. The number of rotatable bonds is 17. The Bertz CT molecular complexity index is 2630. The number of ether oxygens (including phenoxy) is 5. The van der Waals surface area contributed by atoms with Gasteiger partial charge in [0, 0.05) is 69.1 Å². The van der Waals surface area contributed by atoms with Crippen LogP contribution in [0.1, 0.15) is 226 Å². The number of carbonyl (C=O) groups is 5. The number of esters is 5. The van der Waals surface area contributed by atoms with Gasteiger partial charge in [0.1, 0.15) is 23.4 Å². The molecule has 0 aromatic heterocycles. The Morgan fingerprint density at radius 3 is 1.29 bits per heavy atom. The molecule has 7 saturated heterocycles. The maximum absolute atomic E-state index is 12.6. The van der Waals surface area contributed by atoms with Crippen molar-refractivity contribution in [1.82, 2.24) is 0 Å². The SMILES string of the molecule is CCC(C)(C)C(=O)OC(C)(C)C12CC3CC(CC(C3)C1)C2.CCC(C)(C)C(=O)OC1C2CC3C(=O)OC1C3C2.CCC(C)(C)C(=O)OCCC[Si]12O[Si]3(C)O[Si]4(C)O[Si]5(C)O[Si](C)(O3)O[Si](C)(O[Si](C)(O5)O[Si](C)(O4)O1)O2.CCC1(OC(=O)C(C)(C)CC)CCCCC1. The van der Waals surface area contributed by atoms with Gasteiger partial charge in [-0.2, -0.15) is 0 Å². The summed E-state index contributed by atoms with van der Waals surface area (Å²) in [6, 6.07) is 0.261. The fourth-order valence-corrected chi connectivity index (χ4v) is 62.3. The zero-order valence-corrected chi connectivity index (χ0v) is 68.4. The molecular weight excluding hydrogens is 1330 g/mol. The first-order chi connectivity index (χ1) is 42.7. The molecule has 0 spiro atoms. The van der Waals surface area contributed by atoms with Crippen molar-refractivity contribution in [3.8, 4) is 0 Å². The minimum absolute atomic E-state index is 0.00857. The highest BCUT2D eigenvalue weighted by molar-refractivity contribution is 7.02. The van der Waals surface area contributed by atoms with Gasteiger partial charge in [-0.3, -0.25) is 24.0 Å². The molecular formula is C63H116O22Si8. The molecule has 22 nitrogen and oxygen atoms in total. The summed E-state index contributed by atoms with van der Waals surface area (Å²) in [4.78, 5) is 61.0. The summed E-state index contributed by atoms with van der Waals surface area (Å²) in [5.41, 5.74) is -1.94. The average Bonchev–Trinajstić information content (AvgIpc) is 1.32. The van der Waals surface area contributed by atoms with Gasteiger partial charge in [0.15, 0.2) is 0 Å². The molecule has 0 N–H and O–H groups in total. The quantitative estimate of drug-likeness (QED) is 0.0569. The normalized spacial score (nSPS) is 41.5. The predicted molar refractivity (Wildman–Crippen MR) is 359 cm³/mol. The van der Waals surface area contributed by atoms with E-state index >= 15 is 0 Å². The van der Waals surface area contributed by atoms with Gasteiger partial charge in [-0.25, -0.2) is 0 Å². The third-order valence-electron chi connectivity index (χ3n) is 23.0. The molecule has 14 rings (SSSR count). The molecule has 5 unspecified atom stereocenters. The second-order valence-electron chi connectivity index (χ2n) is 33.0. The van der Waals surface area contributed by atoms with E-state index < -0.39 is 81.3 Å². The largest absolute Gasteiger partial charge is 0.478 e. The van der Waals surface area contributed by atoms with E-state index in [1.807, 2.05) is 76.2 Å². The summed E-state index contributed by atoms with van der Waals surface area (Å²) >= 11 is 0. The van der Waals surface area contributed by atoms with Crippen LogP contribution in [0, 0.1) is 62.6 Å². The minimum atomic E-state index is -3.76. The summed E-state index contributed by atoms with van der Waals surface area (Å²) in [5.74, 6) is 2.85. The van der Waals surface area contributed by atoms with Crippen molar-refractivity contribution in [1.29, 1.82) is 0 Å². The van der Waals surface area contributed by atoms with Crippen LogP contribution in [0.4, 0.5) is 0 Å². The maximum atomic E-state index is 12.6. The molecule has 5 atom stereocenters. The number of fused-ring (bicyclic) bond motifs is 1. The summed E-state index contributed by atoms with van der Waals surface area (Å²) < 4.78 is 108. The van der Waals surface area contributed by atoms with E-state index in [1.165, 1.54) is 57.8 Å². The van der Waals surface area contributed by atoms with Crippen LogP contribution in [-0.4, -0.2) is 130 Å². The topological polar surface area (TPSA) is 242 Å². The number of hydrogen-bond donors (Lipinski definition) is 0. The van der Waals surface area contributed by atoms with Crippen molar-refractivity contribution in [2.75, 3.05) is 6.61 Å². The second-order valence-corrected chi connectivity index (χ2v) is 56.7. The minimum Gasteiger partial charge on any atom is -0.465 e. The fourth-order valence-electron chi connectivity index (χ4n) is 16.5. The van der Waals surface area contributed by atoms with Gasteiger partial charge in [-0.1, -0.05) is 41.0 Å². The van der Waals surface area contributed by atoms with Crippen LogP contribution in [0.5, 0.6) is 0 Å². The van der Waals surface area contributed by atoms with E-state index in [0.29, 0.717) is 24.7 Å². The molecule has 532 valence electrons. The highest BCUT2D eigenvalue weighted by Gasteiger charge is 2.79. The lowest BCUT2D eigenvalue weighted by Gasteiger charge is -2.61. The molecule has 7 aliphatic heterocycles. The number of hydrogen-bond acceptors (Lipinski definition) is 22. The van der Waals surface area contributed by atoms with Crippen molar-refractivity contribution in [3.63, 3.8) is 0 Å². The molecule has 30 heteroatoms. The Balaban J connectivity index is 0.000000157. The molecule has 14 fully saturated rings. The van der Waals surface area contributed by atoms with E-state index in [9.17, 15) is 24.0 Å². The van der Waals surface area contributed by atoms with Gasteiger partial charge in [-0.05, 0) is 203 Å². The van der Waals surface area contributed by atoms with E-state index in [0.717, 1.165) is 69.1 Å². The van der Waals surface area contributed by atoms with Crippen molar-refractivity contribution < 1.29 is 97.0 Å². The molecule has 14 aliphatic rings. The van der Waals surface area contributed by atoms with E-state index in [2.05, 4.69) is 27.7 Å². The Morgan fingerprint density at radius 2 is 0.882 bits per heavy atom. The van der Waals surface area contributed by atoms with Crippen LogP contribution in [0.25, 0.3) is 0 Å². The Labute approximate surface area is 564 Å². The number of carbonyl (C=O) groups excluding carboxylic acids is 5. The molecule has 93 heavy (non-hydrogen) atoms. The van der Waals surface area contributed by atoms with Crippen LogP contribution in [-0.2, 0) is 97.0 Å². The van der Waals surface area contributed by atoms with Crippen LogP contribution in [0.2, 0.25) is 51.9 Å². The molecule has 0 amide bonds. The second kappa shape index (κ2) is 26.5. The molecule has 0 radical (unpaired) electrons. The zero-order chi connectivity index (χ0) is 68.9. The summed E-state index contributed by atoms with van der Waals surface area (Å²) in [5, 5.41) is 0. The lowest BCUT2D eigenvalue weighted by atomic mass is 9.46. The standard InChI is InChI=1S/C19H32O2.C16H38O14Si8.C14H20O4.C14H26O2/c1-6-17(2,3)16(20)21-18(4,5)19-10-13-7-14(11-19)9-15(8-13)12-19;1-11-16(2,3)15(17)18-13-12-14-38-28-35(8)22-32(5)19-31(4)20-33(6,24-35)26-37(10,30-38)27-34(7,21-31)25-36(9,23-32)29-38;1-4-14(2,3)13(16)18-10-7-5-8-9(6-7)12(15)17-11(8)10;1-5-13(3,4)12(15)16-14(6-2)10-8-7-9-11-14/h13-15H,6-12H2,1-5H3;11-14H2,1-10H3;7-11H,4-6H2,1-3H3;5-11H2,1-4H3.